The number of benzene rings is 2. The van der Waals surface area contributed by atoms with Gasteiger partial charge >= 0.3 is 0 Å². The lowest BCUT2D eigenvalue weighted by atomic mass is 10.0. The average molecular weight is 362 g/mol. The molecular formula is C15H12BrClF2O. The first-order chi connectivity index (χ1) is 9.52. The summed E-state index contributed by atoms with van der Waals surface area (Å²) in [5.74, 6) is -0.485. The van der Waals surface area contributed by atoms with Gasteiger partial charge in [0.2, 0.25) is 0 Å². The van der Waals surface area contributed by atoms with Gasteiger partial charge in [0.1, 0.15) is 17.4 Å². The molecule has 1 unspecified atom stereocenters. The van der Waals surface area contributed by atoms with Crippen molar-refractivity contribution in [3.8, 4) is 5.75 Å². The minimum absolute atomic E-state index is 0.000518. The molecule has 0 aliphatic rings. The fourth-order valence-corrected chi connectivity index (χ4v) is 2.75. The van der Waals surface area contributed by atoms with E-state index in [9.17, 15) is 8.78 Å². The van der Waals surface area contributed by atoms with E-state index in [-0.39, 0.29) is 12.0 Å². The van der Waals surface area contributed by atoms with Crippen LogP contribution in [0.5, 0.6) is 5.75 Å². The molecule has 2 aromatic carbocycles. The molecule has 0 amide bonds. The van der Waals surface area contributed by atoms with Gasteiger partial charge in [-0.15, -0.1) is 11.6 Å². The van der Waals surface area contributed by atoms with Crippen LogP contribution >= 0.6 is 27.5 Å². The fourth-order valence-electron chi connectivity index (χ4n) is 1.90. The van der Waals surface area contributed by atoms with Gasteiger partial charge in [-0.3, -0.25) is 0 Å². The molecule has 0 saturated carbocycles. The molecule has 0 N–H and O–H groups in total. The highest BCUT2D eigenvalue weighted by atomic mass is 79.9. The molecule has 0 spiro atoms. The summed E-state index contributed by atoms with van der Waals surface area (Å²) in [5.41, 5.74) is 0.765. The Morgan fingerprint density at radius 2 is 1.85 bits per heavy atom. The zero-order valence-electron chi connectivity index (χ0n) is 10.7. The molecule has 0 aromatic heterocycles. The Bertz CT molecular complexity index is 599. The Labute approximate surface area is 129 Å². The van der Waals surface area contributed by atoms with Gasteiger partial charge < -0.3 is 4.74 Å². The van der Waals surface area contributed by atoms with Crippen LogP contribution in [0.1, 0.15) is 16.5 Å². The van der Waals surface area contributed by atoms with Crippen molar-refractivity contribution in [3.63, 3.8) is 0 Å². The number of ether oxygens (including phenoxy) is 1. The van der Waals surface area contributed by atoms with E-state index in [1.165, 1.54) is 18.2 Å². The summed E-state index contributed by atoms with van der Waals surface area (Å²) in [5, 5.41) is -0.524. The normalized spacial score (nSPS) is 12.2. The first-order valence-electron chi connectivity index (χ1n) is 5.93. The van der Waals surface area contributed by atoms with E-state index in [0.717, 1.165) is 10.0 Å². The van der Waals surface area contributed by atoms with Crippen LogP contribution in [0, 0.1) is 11.6 Å². The number of rotatable bonds is 4. The molecule has 1 nitrogen and oxygen atoms in total. The van der Waals surface area contributed by atoms with E-state index in [1.54, 1.807) is 25.3 Å². The third kappa shape index (κ3) is 3.30. The van der Waals surface area contributed by atoms with Crippen molar-refractivity contribution in [2.75, 3.05) is 7.11 Å². The molecule has 106 valence electrons. The zero-order valence-corrected chi connectivity index (χ0v) is 13.0. The number of halogens is 4. The maximum absolute atomic E-state index is 13.6. The summed E-state index contributed by atoms with van der Waals surface area (Å²) < 4.78 is 33.1. The van der Waals surface area contributed by atoms with Crippen LogP contribution < -0.4 is 4.74 Å². The van der Waals surface area contributed by atoms with E-state index in [2.05, 4.69) is 15.9 Å². The Balaban J connectivity index is 2.24. The monoisotopic (exact) mass is 360 g/mol. The van der Waals surface area contributed by atoms with Crippen LogP contribution in [0.3, 0.4) is 0 Å². The van der Waals surface area contributed by atoms with E-state index in [1.807, 2.05) is 0 Å². The third-order valence-electron chi connectivity index (χ3n) is 2.98. The van der Waals surface area contributed by atoms with E-state index in [4.69, 9.17) is 16.3 Å². The molecule has 0 heterocycles. The van der Waals surface area contributed by atoms with Crippen molar-refractivity contribution in [2.45, 2.75) is 11.8 Å². The van der Waals surface area contributed by atoms with Crippen LogP contribution in [0.2, 0.25) is 0 Å². The second kappa shape index (κ2) is 6.55. The maximum Gasteiger partial charge on any atom is 0.133 e. The molecule has 2 rings (SSSR count). The first kappa shape index (κ1) is 15.3. The van der Waals surface area contributed by atoms with Gasteiger partial charge in [0, 0.05) is 5.56 Å². The van der Waals surface area contributed by atoms with Crippen LogP contribution in [0.15, 0.2) is 40.9 Å². The summed E-state index contributed by atoms with van der Waals surface area (Å²) in [6.45, 7) is 0. The highest BCUT2D eigenvalue weighted by Gasteiger charge is 2.16. The summed E-state index contributed by atoms with van der Waals surface area (Å²) >= 11 is 9.62. The standard InChI is InChI=1S/C15H12BrClF2O/c1-20-15-6-5-9(7-11(15)16)12(17)8-10-13(18)3-2-4-14(10)19/h2-7,12H,8H2,1H3. The van der Waals surface area contributed by atoms with E-state index in [0.29, 0.717) is 5.75 Å². The number of methoxy groups -OCH3 is 1. The summed E-state index contributed by atoms with van der Waals surface area (Å²) in [6, 6.07) is 9.11. The second-order valence-corrected chi connectivity index (χ2v) is 5.65. The molecule has 0 aliphatic carbocycles. The minimum atomic E-state index is -0.580. The topological polar surface area (TPSA) is 9.23 Å². The smallest absolute Gasteiger partial charge is 0.133 e. The average Bonchev–Trinajstić information content (AvgIpc) is 2.42. The highest BCUT2D eigenvalue weighted by molar-refractivity contribution is 9.10. The van der Waals surface area contributed by atoms with Crippen LogP contribution in [-0.2, 0) is 6.42 Å². The minimum Gasteiger partial charge on any atom is -0.496 e. The maximum atomic E-state index is 13.6. The molecular weight excluding hydrogens is 350 g/mol. The SMILES string of the molecule is COc1ccc(C(Cl)Cc2c(F)cccc2F)cc1Br. The summed E-state index contributed by atoms with van der Waals surface area (Å²) in [4.78, 5) is 0. The van der Waals surface area contributed by atoms with Gasteiger partial charge in [-0.2, -0.15) is 0 Å². The van der Waals surface area contributed by atoms with Gasteiger partial charge in [0.25, 0.3) is 0 Å². The molecule has 0 bridgehead atoms. The Kier molecular flexibility index (Phi) is 5.00. The van der Waals surface area contributed by atoms with Gasteiger partial charge in [-0.25, -0.2) is 8.78 Å². The zero-order chi connectivity index (χ0) is 14.7. The van der Waals surface area contributed by atoms with Gasteiger partial charge in [-0.1, -0.05) is 12.1 Å². The summed E-state index contributed by atoms with van der Waals surface area (Å²) in [7, 11) is 1.56. The van der Waals surface area contributed by atoms with Crippen molar-refractivity contribution in [1.82, 2.24) is 0 Å². The lowest BCUT2D eigenvalue weighted by Gasteiger charge is -2.13. The largest absolute Gasteiger partial charge is 0.496 e. The number of hydrogen-bond donors (Lipinski definition) is 0. The van der Waals surface area contributed by atoms with Gasteiger partial charge in [-0.05, 0) is 52.2 Å². The van der Waals surface area contributed by atoms with Crippen molar-refractivity contribution in [3.05, 3.63) is 63.6 Å². The van der Waals surface area contributed by atoms with Crippen LogP contribution in [0.4, 0.5) is 8.78 Å². The first-order valence-corrected chi connectivity index (χ1v) is 7.16. The van der Waals surface area contributed by atoms with Gasteiger partial charge in [0.15, 0.2) is 0 Å². The Morgan fingerprint density at radius 3 is 2.40 bits per heavy atom. The second-order valence-electron chi connectivity index (χ2n) is 4.27. The van der Waals surface area contributed by atoms with E-state index < -0.39 is 17.0 Å². The molecule has 0 radical (unpaired) electrons. The van der Waals surface area contributed by atoms with Crippen molar-refractivity contribution in [2.24, 2.45) is 0 Å². The highest BCUT2D eigenvalue weighted by Crippen LogP contribution is 2.33. The molecule has 20 heavy (non-hydrogen) atoms. The third-order valence-corrected chi connectivity index (χ3v) is 4.01. The lowest BCUT2D eigenvalue weighted by Crippen LogP contribution is -2.02. The molecule has 5 heteroatoms. The van der Waals surface area contributed by atoms with Gasteiger partial charge in [0.05, 0.1) is 17.0 Å². The predicted octanol–water partition coefficient (Wildman–Crippen LogP) is 5.26. The lowest BCUT2D eigenvalue weighted by molar-refractivity contribution is 0.412. The van der Waals surface area contributed by atoms with Crippen molar-refractivity contribution < 1.29 is 13.5 Å². The Hall–Kier alpha value is -1.13. The number of alkyl halides is 1. The molecule has 1 atom stereocenters. The molecule has 0 saturated heterocycles. The van der Waals surface area contributed by atoms with Crippen LogP contribution in [-0.4, -0.2) is 7.11 Å². The van der Waals surface area contributed by atoms with Crippen LogP contribution in [0.25, 0.3) is 0 Å². The molecule has 0 aliphatic heterocycles. The van der Waals surface area contributed by atoms with Crippen molar-refractivity contribution >= 4 is 27.5 Å². The summed E-state index contributed by atoms with van der Waals surface area (Å²) in [6.07, 6.45) is 0.0822. The predicted molar refractivity (Wildman–Crippen MR) is 79.4 cm³/mol. The quantitative estimate of drug-likeness (QED) is 0.675. The number of hydrogen-bond acceptors (Lipinski definition) is 1. The molecule has 2 aromatic rings. The fraction of sp³-hybridized carbons (Fsp3) is 0.200. The van der Waals surface area contributed by atoms with E-state index >= 15 is 0 Å². The Morgan fingerprint density at radius 1 is 1.20 bits per heavy atom. The molecule has 0 fully saturated rings. The van der Waals surface area contributed by atoms with Crippen molar-refractivity contribution in [1.29, 1.82) is 0 Å².